The molecule has 0 aromatic heterocycles. The lowest BCUT2D eigenvalue weighted by Crippen LogP contribution is -2.31. The molecule has 0 saturated heterocycles. The number of carbonyl (C=O) groups excluding carboxylic acids is 2. The second-order valence-electron chi connectivity index (χ2n) is 5.83. The van der Waals surface area contributed by atoms with Gasteiger partial charge in [-0.2, -0.15) is 0 Å². The van der Waals surface area contributed by atoms with E-state index >= 15 is 0 Å². The van der Waals surface area contributed by atoms with Crippen LogP contribution in [0.4, 0.5) is 0 Å². The smallest absolute Gasteiger partial charge is 0.258 e. The zero-order valence-electron chi connectivity index (χ0n) is 14.1. The number of aryl methyl sites for hydroxylation is 1. The zero-order valence-corrected chi connectivity index (χ0v) is 14.1. The first-order valence-electron chi connectivity index (χ1n) is 8.10. The Bertz CT molecular complexity index is 665. The predicted molar refractivity (Wildman–Crippen MR) is 93.9 cm³/mol. The quantitative estimate of drug-likeness (QED) is 0.808. The van der Waals surface area contributed by atoms with E-state index in [1.807, 2.05) is 61.5 Å². The Labute approximate surface area is 142 Å². The van der Waals surface area contributed by atoms with Crippen molar-refractivity contribution in [3.63, 3.8) is 0 Å². The highest BCUT2D eigenvalue weighted by Gasteiger charge is 2.09. The summed E-state index contributed by atoms with van der Waals surface area (Å²) in [6, 6.07) is 17.2. The van der Waals surface area contributed by atoms with E-state index in [-0.39, 0.29) is 24.3 Å². The molecular formula is C20H23NO3. The van der Waals surface area contributed by atoms with Crippen molar-refractivity contribution in [2.24, 2.45) is 0 Å². The fourth-order valence-electron chi connectivity index (χ4n) is 2.33. The van der Waals surface area contributed by atoms with Gasteiger partial charge in [0.05, 0.1) is 6.04 Å². The Morgan fingerprint density at radius 3 is 2.33 bits per heavy atom. The second kappa shape index (κ2) is 8.87. The third-order valence-electron chi connectivity index (χ3n) is 3.74. The largest absolute Gasteiger partial charge is 0.484 e. The van der Waals surface area contributed by atoms with Crippen LogP contribution in [0.5, 0.6) is 5.75 Å². The molecule has 0 saturated carbocycles. The molecule has 1 unspecified atom stereocenters. The molecule has 0 fully saturated rings. The van der Waals surface area contributed by atoms with Gasteiger partial charge in [0.15, 0.2) is 6.61 Å². The van der Waals surface area contributed by atoms with Gasteiger partial charge in [0.1, 0.15) is 11.5 Å². The van der Waals surface area contributed by atoms with E-state index in [9.17, 15) is 9.59 Å². The monoisotopic (exact) mass is 325 g/mol. The molecule has 2 aromatic carbocycles. The molecule has 1 atom stereocenters. The molecule has 2 rings (SSSR count). The van der Waals surface area contributed by atoms with Gasteiger partial charge in [0.25, 0.3) is 5.91 Å². The lowest BCUT2D eigenvalue weighted by molar-refractivity contribution is -0.123. The van der Waals surface area contributed by atoms with Crippen molar-refractivity contribution < 1.29 is 14.3 Å². The third-order valence-corrected chi connectivity index (χ3v) is 3.74. The Morgan fingerprint density at radius 2 is 1.71 bits per heavy atom. The number of amides is 1. The van der Waals surface area contributed by atoms with Crippen LogP contribution in [0.15, 0.2) is 54.6 Å². The van der Waals surface area contributed by atoms with Gasteiger partial charge in [-0.05, 0) is 43.5 Å². The van der Waals surface area contributed by atoms with E-state index in [1.54, 1.807) is 6.92 Å². The van der Waals surface area contributed by atoms with Crippen molar-refractivity contribution in [2.45, 2.75) is 32.7 Å². The molecule has 0 radical (unpaired) electrons. The first kappa shape index (κ1) is 17.7. The Hall–Kier alpha value is -2.62. The highest BCUT2D eigenvalue weighted by Crippen LogP contribution is 2.14. The number of ether oxygens (including phenoxy) is 1. The molecule has 126 valence electrons. The topological polar surface area (TPSA) is 55.4 Å². The van der Waals surface area contributed by atoms with Crippen molar-refractivity contribution >= 4 is 11.7 Å². The first-order valence-corrected chi connectivity index (χ1v) is 8.10. The molecule has 4 nitrogen and oxygen atoms in total. The summed E-state index contributed by atoms with van der Waals surface area (Å²) >= 11 is 0. The summed E-state index contributed by atoms with van der Waals surface area (Å²) in [6.45, 7) is 3.51. The van der Waals surface area contributed by atoms with E-state index in [0.29, 0.717) is 12.2 Å². The minimum absolute atomic E-state index is 0.0238. The fraction of sp³-hybridized carbons (Fsp3) is 0.300. The molecule has 24 heavy (non-hydrogen) atoms. The minimum Gasteiger partial charge on any atom is -0.484 e. The van der Waals surface area contributed by atoms with Crippen molar-refractivity contribution in [3.8, 4) is 5.75 Å². The van der Waals surface area contributed by atoms with Crippen molar-refractivity contribution in [1.82, 2.24) is 5.32 Å². The lowest BCUT2D eigenvalue weighted by Gasteiger charge is -2.14. The summed E-state index contributed by atoms with van der Waals surface area (Å²) in [5.41, 5.74) is 2.14. The van der Waals surface area contributed by atoms with Crippen LogP contribution in [0.1, 0.15) is 37.4 Å². The second-order valence-corrected chi connectivity index (χ2v) is 5.83. The van der Waals surface area contributed by atoms with E-state index < -0.39 is 0 Å². The maximum atomic E-state index is 12.0. The lowest BCUT2D eigenvalue weighted by atomic mass is 10.1. The zero-order chi connectivity index (χ0) is 17.4. The normalized spacial score (nSPS) is 11.6. The van der Waals surface area contributed by atoms with Gasteiger partial charge in [-0.15, -0.1) is 0 Å². The molecule has 0 heterocycles. The molecule has 0 aliphatic carbocycles. The van der Waals surface area contributed by atoms with Crippen LogP contribution < -0.4 is 10.1 Å². The number of carbonyl (C=O) groups is 2. The van der Waals surface area contributed by atoms with Crippen molar-refractivity contribution in [1.29, 1.82) is 0 Å². The number of ketones is 1. The summed E-state index contributed by atoms with van der Waals surface area (Å²) in [6.07, 6.45) is 1.27. The van der Waals surface area contributed by atoms with Crippen LogP contribution in [-0.2, 0) is 16.0 Å². The summed E-state index contributed by atoms with van der Waals surface area (Å²) in [5.74, 6) is 0.663. The molecule has 1 N–H and O–H groups in total. The van der Waals surface area contributed by atoms with Crippen molar-refractivity contribution in [2.75, 3.05) is 6.61 Å². The predicted octanol–water partition coefficient (Wildman–Crippen LogP) is 3.46. The van der Waals surface area contributed by atoms with Gasteiger partial charge in [-0.25, -0.2) is 0 Å². The van der Waals surface area contributed by atoms with Crippen LogP contribution in [-0.4, -0.2) is 18.3 Å². The van der Waals surface area contributed by atoms with Gasteiger partial charge < -0.3 is 14.8 Å². The number of rotatable bonds is 8. The van der Waals surface area contributed by atoms with Crippen molar-refractivity contribution in [3.05, 3.63) is 65.7 Å². The Balaban J connectivity index is 1.78. The number of nitrogens with one attached hydrogen (secondary N) is 1. The fourth-order valence-corrected chi connectivity index (χ4v) is 2.33. The van der Waals surface area contributed by atoms with Gasteiger partial charge in [-0.1, -0.05) is 42.5 Å². The van der Waals surface area contributed by atoms with Crippen LogP contribution in [0.2, 0.25) is 0 Å². The van der Waals surface area contributed by atoms with E-state index in [2.05, 4.69) is 5.32 Å². The molecule has 0 aliphatic heterocycles. The Morgan fingerprint density at radius 1 is 1.04 bits per heavy atom. The number of Topliss-reactive ketones (excluding diaryl/α,β-unsaturated/α-hetero) is 1. The standard InChI is InChI=1S/C20H23NO3/c1-15(22)8-9-17-10-12-19(13-11-17)24-14-20(23)21-16(2)18-6-4-3-5-7-18/h3-7,10-13,16H,8-9,14H2,1-2H3,(H,21,23). The highest BCUT2D eigenvalue weighted by molar-refractivity contribution is 5.78. The maximum Gasteiger partial charge on any atom is 0.258 e. The summed E-state index contributed by atoms with van der Waals surface area (Å²) in [7, 11) is 0. The molecule has 1 amide bonds. The molecule has 2 aromatic rings. The van der Waals surface area contributed by atoms with Crippen LogP contribution >= 0.6 is 0 Å². The Kier molecular flexibility index (Phi) is 6.55. The van der Waals surface area contributed by atoms with Gasteiger partial charge in [0.2, 0.25) is 0 Å². The maximum absolute atomic E-state index is 12.0. The molecule has 0 bridgehead atoms. The SMILES string of the molecule is CC(=O)CCc1ccc(OCC(=O)NC(C)c2ccccc2)cc1. The van der Waals surface area contributed by atoms with Crippen LogP contribution in [0.3, 0.4) is 0 Å². The molecular weight excluding hydrogens is 302 g/mol. The average Bonchev–Trinajstić information content (AvgIpc) is 2.59. The van der Waals surface area contributed by atoms with Gasteiger partial charge in [0, 0.05) is 6.42 Å². The number of hydrogen-bond acceptors (Lipinski definition) is 3. The third kappa shape index (κ3) is 5.88. The molecule has 0 spiro atoms. The molecule has 0 aliphatic rings. The average molecular weight is 325 g/mol. The number of hydrogen-bond donors (Lipinski definition) is 1. The summed E-state index contributed by atoms with van der Waals surface area (Å²) in [4.78, 5) is 23.0. The highest BCUT2D eigenvalue weighted by atomic mass is 16.5. The summed E-state index contributed by atoms with van der Waals surface area (Å²) < 4.78 is 5.51. The van der Waals surface area contributed by atoms with E-state index in [1.165, 1.54) is 0 Å². The van der Waals surface area contributed by atoms with Crippen LogP contribution in [0, 0.1) is 0 Å². The minimum atomic E-state index is -0.160. The first-order chi connectivity index (χ1) is 11.5. The van der Waals surface area contributed by atoms with E-state index in [4.69, 9.17) is 4.74 Å². The van der Waals surface area contributed by atoms with E-state index in [0.717, 1.165) is 17.5 Å². The van der Waals surface area contributed by atoms with Gasteiger partial charge in [-0.3, -0.25) is 4.79 Å². The van der Waals surface area contributed by atoms with Gasteiger partial charge >= 0.3 is 0 Å². The van der Waals surface area contributed by atoms with Crippen LogP contribution in [0.25, 0.3) is 0 Å². The molecule has 4 heteroatoms. The number of benzene rings is 2. The summed E-state index contributed by atoms with van der Waals surface area (Å²) in [5, 5.41) is 2.91.